The second-order valence-electron chi connectivity index (χ2n) is 4.81. The lowest BCUT2D eigenvalue weighted by molar-refractivity contribution is 0.103. The zero-order valence-corrected chi connectivity index (χ0v) is 10.7. The highest BCUT2D eigenvalue weighted by Gasteiger charge is 2.13. The Balaban J connectivity index is 1.80. The molecular weight excluding hydrogens is 236 g/mol. The van der Waals surface area contributed by atoms with Crippen LogP contribution in [0.5, 0.6) is 0 Å². The summed E-state index contributed by atoms with van der Waals surface area (Å²) in [6.07, 6.45) is 5.81. The van der Waals surface area contributed by atoms with E-state index in [0.29, 0.717) is 5.56 Å². The van der Waals surface area contributed by atoms with Gasteiger partial charge in [0.25, 0.3) is 0 Å². The molecule has 0 radical (unpaired) electrons. The molecule has 2 heterocycles. The zero-order valence-electron chi connectivity index (χ0n) is 10.7. The minimum absolute atomic E-state index is 0.0513. The molecule has 1 aromatic heterocycles. The van der Waals surface area contributed by atoms with E-state index in [1.807, 2.05) is 24.3 Å². The highest BCUT2D eigenvalue weighted by Crippen LogP contribution is 2.21. The van der Waals surface area contributed by atoms with Gasteiger partial charge in [-0.15, -0.1) is 0 Å². The summed E-state index contributed by atoms with van der Waals surface area (Å²) < 4.78 is 0. The quantitative estimate of drug-likeness (QED) is 0.787. The summed E-state index contributed by atoms with van der Waals surface area (Å²) in [7, 11) is 0. The monoisotopic (exact) mass is 252 g/mol. The molecule has 96 valence electrons. The Morgan fingerprint density at radius 3 is 2.11 bits per heavy atom. The van der Waals surface area contributed by atoms with E-state index in [-0.39, 0.29) is 5.78 Å². The first-order valence-corrected chi connectivity index (χ1v) is 6.64. The fourth-order valence-electron chi connectivity index (χ4n) is 2.47. The van der Waals surface area contributed by atoms with Crippen molar-refractivity contribution in [3.63, 3.8) is 0 Å². The highest BCUT2D eigenvalue weighted by atomic mass is 16.1. The number of carbonyl (C=O) groups excluding carboxylic acids is 1. The Labute approximate surface area is 112 Å². The van der Waals surface area contributed by atoms with Gasteiger partial charge in [0.1, 0.15) is 0 Å². The maximum Gasteiger partial charge on any atom is 0.193 e. The van der Waals surface area contributed by atoms with Crippen molar-refractivity contribution < 1.29 is 4.79 Å². The summed E-state index contributed by atoms with van der Waals surface area (Å²) in [5.74, 6) is 0.0513. The first-order chi connectivity index (χ1) is 9.34. The maximum atomic E-state index is 12.2. The number of aromatic nitrogens is 1. The van der Waals surface area contributed by atoms with Gasteiger partial charge in [-0.05, 0) is 49.2 Å². The lowest BCUT2D eigenvalue weighted by Crippen LogP contribution is -2.17. The number of pyridine rings is 1. The largest absolute Gasteiger partial charge is 0.372 e. The van der Waals surface area contributed by atoms with Gasteiger partial charge in [0, 0.05) is 42.3 Å². The van der Waals surface area contributed by atoms with E-state index < -0.39 is 0 Å². The summed E-state index contributed by atoms with van der Waals surface area (Å²) in [4.78, 5) is 18.5. The second kappa shape index (κ2) is 5.22. The summed E-state index contributed by atoms with van der Waals surface area (Å²) in [6, 6.07) is 11.4. The smallest absolute Gasteiger partial charge is 0.193 e. The van der Waals surface area contributed by atoms with Crippen LogP contribution in [0.2, 0.25) is 0 Å². The number of rotatable bonds is 3. The molecule has 19 heavy (non-hydrogen) atoms. The lowest BCUT2D eigenvalue weighted by atomic mass is 10.0. The van der Waals surface area contributed by atoms with E-state index in [9.17, 15) is 4.79 Å². The van der Waals surface area contributed by atoms with Crippen LogP contribution in [-0.4, -0.2) is 23.9 Å². The number of hydrogen-bond acceptors (Lipinski definition) is 3. The van der Waals surface area contributed by atoms with Crippen molar-refractivity contribution in [3.05, 3.63) is 59.9 Å². The first kappa shape index (κ1) is 11.9. The van der Waals surface area contributed by atoms with Crippen LogP contribution in [0.25, 0.3) is 0 Å². The molecule has 1 fully saturated rings. The summed E-state index contributed by atoms with van der Waals surface area (Å²) in [6.45, 7) is 2.25. The van der Waals surface area contributed by atoms with Gasteiger partial charge in [0.2, 0.25) is 0 Å². The molecule has 0 N–H and O–H groups in total. The van der Waals surface area contributed by atoms with Crippen LogP contribution in [0.3, 0.4) is 0 Å². The molecule has 0 atom stereocenters. The fourth-order valence-corrected chi connectivity index (χ4v) is 2.47. The lowest BCUT2D eigenvalue weighted by Gasteiger charge is -2.17. The van der Waals surface area contributed by atoms with Crippen LogP contribution in [0.15, 0.2) is 48.8 Å². The van der Waals surface area contributed by atoms with Crippen molar-refractivity contribution in [1.82, 2.24) is 4.98 Å². The van der Waals surface area contributed by atoms with Gasteiger partial charge in [-0.2, -0.15) is 0 Å². The number of nitrogens with zero attached hydrogens (tertiary/aromatic N) is 2. The Kier molecular flexibility index (Phi) is 3.27. The molecule has 1 aliphatic heterocycles. The SMILES string of the molecule is O=C(c1ccncc1)c1ccc(N2CCCC2)cc1. The molecule has 3 nitrogen and oxygen atoms in total. The molecule has 3 heteroatoms. The minimum atomic E-state index is 0.0513. The van der Waals surface area contributed by atoms with Crippen LogP contribution in [0.1, 0.15) is 28.8 Å². The minimum Gasteiger partial charge on any atom is -0.372 e. The number of hydrogen-bond donors (Lipinski definition) is 0. The van der Waals surface area contributed by atoms with Crippen LogP contribution in [-0.2, 0) is 0 Å². The molecule has 1 aromatic carbocycles. The number of benzene rings is 1. The van der Waals surface area contributed by atoms with E-state index in [0.717, 1.165) is 18.7 Å². The molecular formula is C16H16N2O. The van der Waals surface area contributed by atoms with E-state index in [2.05, 4.69) is 9.88 Å². The van der Waals surface area contributed by atoms with E-state index in [4.69, 9.17) is 0 Å². The summed E-state index contributed by atoms with van der Waals surface area (Å²) in [5.41, 5.74) is 2.63. The van der Waals surface area contributed by atoms with Crippen molar-refractivity contribution in [2.24, 2.45) is 0 Å². The van der Waals surface area contributed by atoms with E-state index in [1.54, 1.807) is 24.5 Å². The molecule has 3 rings (SSSR count). The van der Waals surface area contributed by atoms with Crippen molar-refractivity contribution in [1.29, 1.82) is 0 Å². The Bertz CT molecular complexity index is 557. The van der Waals surface area contributed by atoms with Gasteiger partial charge in [-0.25, -0.2) is 0 Å². The Morgan fingerprint density at radius 2 is 1.47 bits per heavy atom. The van der Waals surface area contributed by atoms with Crippen LogP contribution >= 0.6 is 0 Å². The second-order valence-corrected chi connectivity index (χ2v) is 4.81. The molecule has 0 spiro atoms. The van der Waals surface area contributed by atoms with Gasteiger partial charge in [0.15, 0.2) is 5.78 Å². The topological polar surface area (TPSA) is 33.2 Å². The van der Waals surface area contributed by atoms with E-state index >= 15 is 0 Å². The van der Waals surface area contributed by atoms with Crippen molar-refractivity contribution >= 4 is 11.5 Å². The van der Waals surface area contributed by atoms with Crippen LogP contribution in [0.4, 0.5) is 5.69 Å². The van der Waals surface area contributed by atoms with Crippen molar-refractivity contribution in [2.75, 3.05) is 18.0 Å². The highest BCUT2D eigenvalue weighted by molar-refractivity contribution is 6.09. The number of anilines is 1. The average molecular weight is 252 g/mol. The Morgan fingerprint density at radius 1 is 0.895 bits per heavy atom. The van der Waals surface area contributed by atoms with Crippen molar-refractivity contribution in [2.45, 2.75) is 12.8 Å². The van der Waals surface area contributed by atoms with Gasteiger partial charge in [0.05, 0.1) is 0 Å². The van der Waals surface area contributed by atoms with E-state index in [1.165, 1.54) is 18.5 Å². The predicted molar refractivity (Wildman–Crippen MR) is 75.6 cm³/mol. The van der Waals surface area contributed by atoms with Crippen molar-refractivity contribution in [3.8, 4) is 0 Å². The predicted octanol–water partition coefficient (Wildman–Crippen LogP) is 2.91. The zero-order chi connectivity index (χ0) is 13.1. The molecule has 1 aliphatic rings. The maximum absolute atomic E-state index is 12.2. The standard InChI is InChI=1S/C16H16N2O/c19-16(14-7-9-17-10-8-14)13-3-5-15(6-4-13)18-11-1-2-12-18/h3-10H,1-2,11-12H2. The third kappa shape index (κ3) is 2.50. The third-order valence-electron chi connectivity index (χ3n) is 3.54. The normalized spacial score (nSPS) is 14.6. The average Bonchev–Trinajstić information content (AvgIpc) is 3.02. The third-order valence-corrected chi connectivity index (χ3v) is 3.54. The molecule has 1 saturated heterocycles. The summed E-state index contributed by atoms with van der Waals surface area (Å²) >= 11 is 0. The van der Waals surface area contributed by atoms with Crippen LogP contribution < -0.4 is 4.90 Å². The molecule has 0 aliphatic carbocycles. The molecule has 0 bridgehead atoms. The molecule has 2 aromatic rings. The molecule has 0 unspecified atom stereocenters. The number of carbonyl (C=O) groups is 1. The van der Waals surface area contributed by atoms with Crippen LogP contribution in [0, 0.1) is 0 Å². The van der Waals surface area contributed by atoms with Gasteiger partial charge >= 0.3 is 0 Å². The summed E-state index contributed by atoms with van der Waals surface area (Å²) in [5, 5.41) is 0. The number of ketones is 1. The molecule has 0 amide bonds. The van der Waals surface area contributed by atoms with Gasteiger partial charge in [-0.1, -0.05) is 0 Å². The molecule has 0 saturated carbocycles. The fraction of sp³-hybridized carbons (Fsp3) is 0.250. The van der Waals surface area contributed by atoms with Gasteiger partial charge in [-0.3, -0.25) is 9.78 Å². The van der Waals surface area contributed by atoms with Gasteiger partial charge < -0.3 is 4.90 Å². The Hall–Kier alpha value is -2.16. The first-order valence-electron chi connectivity index (χ1n) is 6.64.